The van der Waals surface area contributed by atoms with Crippen LogP contribution in [0.4, 0.5) is 0 Å². The summed E-state index contributed by atoms with van der Waals surface area (Å²) in [4.78, 5) is 20.3. The third-order valence-electron chi connectivity index (χ3n) is 5.20. The van der Waals surface area contributed by atoms with E-state index in [9.17, 15) is 4.79 Å². The molecule has 0 radical (unpaired) electrons. The first kappa shape index (κ1) is 17.0. The molecule has 1 spiro atoms. The lowest BCUT2D eigenvalue weighted by molar-refractivity contribution is -0.136. The van der Waals surface area contributed by atoms with Crippen molar-refractivity contribution in [2.45, 2.75) is 58.5 Å². The molecule has 0 N–H and O–H groups in total. The molecule has 3 rings (SSSR count). The Labute approximate surface area is 144 Å². The van der Waals surface area contributed by atoms with Crippen LogP contribution in [0.1, 0.15) is 52.0 Å². The fourth-order valence-electron chi connectivity index (χ4n) is 3.41. The Morgan fingerprint density at radius 1 is 1.21 bits per heavy atom. The van der Waals surface area contributed by atoms with Crippen LogP contribution in [-0.4, -0.2) is 35.2 Å². The number of aryl methyl sites for hydroxylation is 1. The minimum atomic E-state index is -0.168. The van der Waals surface area contributed by atoms with Gasteiger partial charge in [0, 0.05) is 44.2 Å². The van der Waals surface area contributed by atoms with Gasteiger partial charge in [-0.15, -0.1) is 0 Å². The Balaban J connectivity index is 1.48. The molecule has 24 heavy (non-hydrogen) atoms. The molecule has 1 aromatic rings. The topological polar surface area (TPSA) is 41.9 Å². The van der Waals surface area contributed by atoms with Gasteiger partial charge >= 0.3 is 0 Å². The minimum absolute atomic E-state index is 0.0616. The average molecular weight is 328 g/mol. The van der Waals surface area contributed by atoms with Crippen LogP contribution >= 0.6 is 0 Å². The van der Waals surface area contributed by atoms with Crippen LogP contribution < -0.4 is 0 Å². The third-order valence-corrected chi connectivity index (χ3v) is 5.20. The number of carbonyl (C=O) groups excluding carboxylic acids is 1. The molecule has 2 aliphatic heterocycles. The maximum absolute atomic E-state index is 12.5. The average Bonchev–Trinajstić information content (AvgIpc) is 2.98. The van der Waals surface area contributed by atoms with Crippen LogP contribution in [0.5, 0.6) is 0 Å². The molecular weight excluding hydrogens is 300 g/mol. The lowest BCUT2D eigenvalue weighted by Crippen LogP contribution is -2.47. The van der Waals surface area contributed by atoms with Crippen molar-refractivity contribution >= 4 is 11.6 Å². The number of rotatable bonds is 3. The first-order valence-corrected chi connectivity index (χ1v) is 8.95. The summed E-state index contributed by atoms with van der Waals surface area (Å²) in [6.07, 6.45) is 4.07. The summed E-state index contributed by atoms with van der Waals surface area (Å²) in [5.41, 5.74) is 2.26. The lowest BCUT2D eigenvalue weighted by Gasteiger charge is -2.37. The number of carbonyl (C=O) groups is 1. The van der Waals surface area contributed by atoms with E-state index in [-0.39, 0.29) is 16.9 Å². The molecule has 0 aliphatic carbocycles. The first-order chi connectivity index (χ1) is 11.4. The number of hydrogen-bond donors (Lipinski definition) is 0. The molecule has 4 heteroatoms. The summed E-state index contributed by atoms with van der Waals surface area (Å²) in [6.45, 7) is 8.09. The largest absolute Gasteiger partial charge is 0.389 e. The molecule has 130 valence electrons. The van der Waals surface area contributed by atoms with Gasteiger partial charge in [0.25, 0.3) is 0 Å². The SMILES string of the molecule is CC(C)(C)C1=NOC2(CCN(C(=O)CCc3ccccc3)CC2)C1. The van der Waals surface area contributed by atoms with E-state index in [4.69, 9.17) is 4.84 Å². The number of benzene rings is 1. The summed E-state index contributed by atoms with van der Waals surface area (Å²) in [5.74, 6) is 0.253. The first-order valence-electron chi connectivity index (χ1n) is 8.95. The van der Waals surface area contributed by atoms with Gasteiger partial charge < -0.3 is 9.74 Å². The highest BCUT2D eigenvalue weighted by atomic mass is 16.7. The van der Waals surface area contributed by atoms with Gasteiger partial charge in [-0.3, -0.25) is 4.79 Å². The van der Waals surface area contributed by atoms with Gasteiger partial charge in [0.2, 0.25) is 5.91 Å². The Bertz CT molecular complexity index is 608. The van der Waals surface area contributed by atoms with Crippen molar-refractivity contribution in [2.24, 2.45) is 10.6 Å². The molecule has 4 nitrogen and oxygen atoms in total. The van der Waals surface area contributed by atoms with Crippen LogP contribution in [-0.2, 0) is 16.1 Å². The Kier molecular flexibility index (Phi) is 4.66. The van der Waals surface area contributed by atoms with E-state index in [1.165, 1.54) is 5.56 Å². The standard InChI is InChI=1S/C20H28N2O2/c1-19(2,3)17-15-20(24-21-17)11-13-22(14-12-20)18(23)10-9-16-7-5-4-6-8-16/h4-8H,9-15H2,1-3H3. The van der Waals surface area contributed by atoms with Gasteiger partial charge in [0.1, 0.15) is 5.60 Å². The van der Waals surface area contributed by atoms with E-state index in [1.807, 2.05) is 23.1 Å². The second-order valence-electron chi connectivity index (χ2n) is 8.11. The van der Waals surface area contributed by atoms with Crippen molar-refractivity contribution in [3.63, 3.8) is 0 Å². The van der Waals surface area contributed by atoms with Gasteiger partial charge in [-0.1, -0.05) is 56.3 Å². The van der Waals surface area contributed by atoms with Crippen molar-refractivity contribution in [1.29, 1.82) is 0 Å². The Morgan fingerprint density at radius 2 is 1.88 bits per heavy atom. The Hall–Kier alpha value is -1.84. The maximum Gasteiger partial charge on any atom is 0.222 e. The van der Waals surface area contributed by atoms with Gasteiger partial charge in [-0.05, 0) is 12.0 Å². The molecular formula is C20H28N2O2. The van der Waals surface area contributed by atoms with Gasteiger partial charge in [-0.2, -0.15) is 0 Å². The third kappa shape index (κ3) is 3.80. The van der Waals surface area contributed by atoms with E-state index in [0.29, 0.717) is 6.42 Å². The zero-order chi connectivity index (χ0) is 17.2. The molecule has 1 amide bonds. The number of likely N-dealkylation sites (tertiary alicyclic amines) is 1. The van der Waals surface area contributed by atoms with Crippen LogP contribution in [0, 0.1) is 5.41 Å². The minimum Gasteiger partial charge on any atom is -0.389 e. The number of nitrogens with zero attached hydrogens (tertiary/aromatic N) is 2. The molecule has 0 saturated carbocycles. The van der Waals surface area contributed by atoms with E-state index >= 15 is 0 Å². The summed E-state index contributed by atoms with van der Waals surface area (Å²) in [6, 6.07) is 10.2. The summed E-state index contributed by atoms with van der Waals surface area (Å²) in [5, 5.41) is 4.34. The van der Waals surface area contributed by atoms with Crippen molar-refractivity contribution in [2.75, 3.05) is 13.1 Å². The van der Waals surface area contributed by atoms with E-state index in [0.717, 1.165) is 44.5 Å². The molecule has 1 aromatic carbocycles. The molecule has 0 unspecified atom stereocenters. The number of oxime groups is 1. The van der Waals surface area contributed by atoms with Crippen LogP contribution in [0.2, 0.25) is 0 Å². The quantitative estimate of drug-likeness (QED) is 0.847. The highest BCUT2D eigenvalue weighted by Crippen LogP contribution is 2.38. The highest BCUT2D eigenvalue weighted by Gasteiger charge is 2.44. The molecule has 0 bridgehead atoms. The van der Waals surface area contributed by atoms with Crippen molar-refractivity contribution in [3.05, 3.63) is 35.9 Å². The molecule has 2 aliphatic rings. The number of hydrogen-bond acceptors (Lipinski definition) is 3. The van der Waals surface area contributed by atoms with E-state index in [2.05, 4.69) is 38.1 Å². The normalized spacial score (nSPS) is 20.0. The predicted octanol–water partition coefficient (Wildman–Crippen LogP) is 3.80. The van der Waals surface area contributed by atoms with Crippen molar-refractivity contribution in [3.8, 4) is 0 Å². The lowest BCUT2D eigenvalue weighted by atomic mass is 9.79. The van der Waals surface area contributed by atoms with Gasteiger partial charge in [-0.25, -0.2) is 0 Å². The number of amides is 1. The van der Waals surface area contributed by atoms with Gasteiger partial charge in [0.15, 0.2) is 0 Å². The second-order valence-corrected chi connectivity index (χ2v) is 8.11. The highest BCUT2D eigenvalue weighted by molar-refractivity contribution is 5.90. The van der Waals surface area contributed by atoms with Gasteiger partial charge in [0.05, 0.1) is 5.71 Å². The zero-order valence-electron chi connectivity index (χ0n) is 15.0. The van der Waals surface area contributed by atoms with E-state index < -0.39 is 0 Å². The van der Waals surface area contributed by atoms with Crippen molar-refractivity contribution in [1.82, 2.24) is 4.90 Å². The Morgan fingerprint density at radius 3 is 2.46 bits per heavy atom. The van der Waals surface area contributed by atoms with Crippen molar-refractivity contribution < 1.29 is 9.63 Å². The molecule has 2 heterocycles. The maximum atomic E-state index is 12.5. The van der Waals surface area contributed by atoms with Crippen LogP contribution in [0.15, 0.2) is 35.5 Å². The number of piperidine rings is 1. The zero-order valence-corrected chi connectivity index (χ0v) is 15.0. The molecule has 1 fully saturated rings. The summed E-state index contributed by atoms with van der Waals surface area (Å²) >= 11 is 0. The smallest absolute Gasteiger partial charge is 0.222 e. The monoisotopic (exact) mass is 328 g/mol. The predicted molar refractivity (Wildman–Crippen MR) is 95.9 cm³/mol. The summed E-state index contributed by atoms with van der Waals surface area (Å²) in [7, 11) is 0. The molecule has 0 atom stereocenters. The molecule has 1 saturated heterocycles. The van der Waals surface area contributed by atoms with Crippen LogP contribution in [0.3, 0.4) is 0 Å². The second kappa shape index (κ2) is 6.58. The van der Waals surface area contributed by atoms with E-state index in [1.54, 1.807) is 0 Å². The fourth-order valence-corrected chi connectivity index (χ4v) is 3.41. The fraction of sp³-hybridized carbons (Fsp3) is 0.600. The molecule has 0 aromatic heterocycles. The van der Waals surface area contributed by atoms with Crippen LogP contribution in [0.25, 0.3) is 0 Å². The summed E-state index contributed by atoms with van der Waals surface area (Å²) < 4.78 is 0.